The van der Waals surface area contributed by atoms with Gasteiger partial charge in [0.25, 0.3) is 0 Å². The molecule has 0 fully saturated rings. The van der Waals surface area contributed by atoms with E-state index >= 15 is 0 Å². The molecule has 0 heterocycles. The van der Waals surface area contributed by atoms with Crippen LogP contribution in [0.25, 0.3) is 12.2 Å². The SMILES string of the molecule is CCCCCCP(=O)(OCC)Oc1ccccc1.CCOP(=O)(/C=C/c1ccccc1)Oc1ccccc1.CCOP(=O)(C/C=C/c1ccccc1)Oc1ccccc1.CCOP(=O)(Cc1ccc(C)cc1)Oc1ccccc1.CCOP(=O)(Cc1ccccc1)Oc1ccc(C)cc1.CCOP(=O)(Cc1ccccc1)Oc1ccccc1C. The molecule has 0 saturated heterocycles. The maximum atomic E-state index is 12.9. The Hall–Kier alpha value is -9.16. The van der Waals surface area contributed by atoms with Crippen molar-refractivity contribution in [3.05, 3.63) is 372 Å². The number of hydrogen-bond donors (Lipinski definition) is 0. The number of allylic oxidation sites excluding steroid dienone is 1. The van der Waals surface area contributed by atoms with Crippen molar-refractivity contribution in [2.24, 2.45) is 0 Å². The molecule has 18 nitrogen and oxygen atoms in total. The highest BCUT2D eigenvalue weighted by Gasteiger charge is 2.31. The molecule has 11 aromatic rings. The van der Waals surface area contributed by atoms with Gasteiger partial charge >= 0.3 is 45.6 Å². The molecule has 11 rings (SSSR count). The molecule has 11 aromatic carbocycles. The fourth-order valence-corrected chi connectivity index (χ4v) is 20.5. The average Bonchev–Trinajstić information content (AvgIpc) is 0.855. The molecule has 0 spiro atoms. The van der Waals surface area contributed by atoms with Crippen molar-refractivity contribution in [1.29, 1.82) is 0 Å². The standard InChI is InChI=1S/C17H19O3P.3C16H19O3P.C16H17O3P.C14H23O3P/c1-2-19-21(18,20-17-13-7-4-8-14-17)15-9-12-16-10-5-3-6-11-16;1-3-18-20(17,13-15-10-5-4-6-11-15)19-16-12-8-7-9-14(16)2;1-3-18-20(17,19-16-7-5-4-6-8-16)13-15-11-9-14(2)10-12-15;1-3-18-20(17,13-15-7-5-4-6-8-15)19-16-11-9-14(2)10-12-16;1-2-18-20(17,19-16-11-7-4-8-12-16)14-13-15-9-5-3-6-10-15;1-3-5-6-10-13-18(15,16-4-2)17-14-11-8-7-9-12-14/h3-14H,2,15H2,1H3;3*4-12H,3,13H2,1-2H3;3-14H,2H2,1H3;7-9,11-12H,3-6,10,13H2,1-2H3/b12-9+;;;;14-13+;. The summed E-state index contributed by atoms with van der Waals surface area (Å²) < 4.78 is 142. The summed E-state index contributed by atoms with van der Waals surface area (Å²) in [4.78, 5) is 0. The Bertz CT molecular complexity index is 4820. The minimum Gasteiger partial charge on any atom is -0.424 e. The van der Waals surface area contributed by atoms with Crippen LogP contribution < -0.4 is 27.1 Å². The molecule has 0 amide bonds. The zero-order valence-corrected chi connectivity index (χ0v) is 75.3. The first-order valence-corrected chi connectivity index (χ1v) is 50.3. The molecule has 0 aromatic heterocycles. The summed E-state index contributed by atoms with van der Waals surface area (Å²) in [5.41, 5.74) is 8.08. The Kier molecular flexibility index (Phi) is 45.5. The van der Waals surface area contributed by atoms with E-state index in [9.17, 15) is 27.4 Å². The van der Waals surface area contributed by atoms with Crippen LogP contribution in [0.3, 0.4) is 0 Å². The van der Waals surface area contributed by atoms with E-state index in [0.717, 1.165) is 58.2 Å². The lowest BCUT2D eigenvalue weighted by Gasteiger charge is -2.20. The van der Waals surface area contributed by atoms with E-state index in [-0.39, 0.29) is 24.6 Å². The van der Waals surface area contributed by atoms with Gasteiger partial charge in [-0.15, -0.1) is 0 Å². The molecule has 0 aliphatic rings. The molecule has 0 saturated carbocycles. The van der Waals surface area contributed by atoms with E-state index in [1.54, 1.807) is 61.5 Å². The predicted molar refractivity (Wildman–Crippen MR) is 487 cm³/mol. The summed E-state index contributed by atoms with van der Waals surface area (Å²) in [6, 6.07) is 98.1. The minimum atomic E-state index is -3.29. The van der Waals surface area contributed by atoms with Crippen LogP contribution in [0.1, 0.15) is 119 Å². The van der Waals surface area contributed by atoms with Crippen LogP contribution in [0.4, 0.5) is 0 Å². The van der Waals surface area contributed by atoms with Crippen LogP contribution in [0, 0.1) is 20.8 Å². The van der Waals surface area contributed by atoms with E-state index in [0.29, 0.717) is 80.3 Å². The van der Waals surface area contributed by atoms with Crippen LogP contribution in [-0.4, -0.2) is 52.0 Å². The van der Waals surface area contributed by atoms with E-state index < -0.39 is 45.6 Å². The Morgan fingerprint density at radius 3 is 0.983 bits per heavy atom. The Morgan fingerprint density at radius 2 is 0.580 bits per heavy atom. The fourth-order valence-electron chi connectivity index (χ4n) is 10.8. The average molecular weight is 1730 g/mol. The number of aryl methyl sites for hydroxylation is 3. The van der Waals surface area contributed by atoms with Crippen molar-refractivity contribution < 1.29 is 81.7 Å². The first-order chi connectivity index (χ1) is 57.5. The van der Waals surface area contributed by atoms with Crippen LogP contribution in [0.2, 0.25) is 0 Å². The van der Waals surface area contributed by atoms with Gasteiger partial charge in [-0.1, -0.05) is 298 Å². The lowest BCUT2D eigenvalue weighted by atomic mass is 10.2. The largest absolute Gasteiger partial charge is 0.424 e. The first-order valence-electron chi connectivity index (χ1n) is 40.0. The summed E-state index contributed by atoms with van der Waals surface area (Å²) in [7, 11) is -19.0. The van der Waals surface area contributed by atoms with Crippen LogP contribution in [0.5, 0.6) is 34.5 Å². The summed E-state index contributed by atoms with van der Waals surface area (Å²) in [6.45, 7) is 21.1. The summed E-state index contributed by atoms with van der Waals surface area (Å²) >= 11 is 0. The van der Waals surface area contributed by atoms with Crippen molar-refractivity contribution in [3.8, 4) is 34.5 Å². The van der Waals surface area contributed by atoms with Gasteiger partial charge in [0.2, 0.25) is 0 Å². The molecule has 0 aliphatic heterocycles. The highest BCUT2D eigenvalue weighted by atomic mass is 31.2. The number of benzene rings is 11. The van der Waals surface area contributed by atoms with Gasteiger partial charge in [0.1, 0.15) is 34.5 Å². The highest BCUT2D eigenvalue weighted by molar-refractivity contribution is 7.58. The molecule has 6 atom stereocenters. The van der Waals surface area contributed by atoms with E-state index in [4.69, 9.17) is 54.3 Å². The van der Waals surface area contributed by atoms with Crippen molar-refractivity contribution in [1.82, 2.24) is 0 Å². The van der Waals surface area contributed by atoms with Gasteiger partial charge in [-0.25, -0.2) is 27.4 Å². The lowest BCUT2D eigenvalue weighted by molar-refractivity contribution is 0.276. The third-order valence-corrected chi connectivity index (χ3v) is 27.4. The van der Waals surface area contributed by atoms with Crippen molar-refractivity contribution in [3.63, 3.8) is 0 Å². The van der Waals surface area contributed by atoms with E-state index in [2.05, 4.69) is 6.92 Å². The van der Waals surface area contributed by atoms with Gasteiger partial charge in [-0.05, 0) is 175 Å². The molecule has 0 N–H and O–H groups in total. The van der Waals surface area contributed by atoms with Gasteiger partial charge < -0.3 is 31.7 Å². The molecule has 24 heteroatoms. The van der Waals surface area contributed by atoms with Gasteiger partial charge in [0.05, 0.1) is 70.5 Å². The Balaban J connectivity index is 0.000000222. The second kappa shape index (κ2) is 54.9. The third kappa shape index (κ3) is 40.6. The molecule has 6 unspecified atom stereocenters. The monoisotopic (exact) mass is 1730 g/mol. The quantitative estimate of drug-likeness (QED) is 0.0258. The summed E-state index contributed by atoms with van der Waals surface area (Å²) in [5.74, 6) is 4.95. The van der Waals surface area contributed by atoms with Crippen molar-refractivity contribution >= 4 is 57.7 Å². The van der Waals surface area contributed by atoms with Crippen LogP contribution in [0.15, 0.2) is 327 Å². The van der Waals surface area contributed by atoms with Crippen molar-refractivity contribution in [2.75, 3.05) is 52.0 Å². The topological polar surface area (TPSA) is 213 Å². The molecular weight excluding hydrogens is 1610 g/mol. The number of rotatable bonds is 40. The molecule has 634 valence electrons. The van der Waals surface area contributed by atoms with Crippen LogP contribution in [-0.2, 0) is 73.0 Å². The zero-order chi connectivity index (χ0) is 85.8. The van der Waals surface area contributed by atoms with Gasteiger partial charge in [-0.2, -0.15) is 0 Å². The van der Waals surface area contributed by atoms with Gasteiger partial charge in [0.15, 0.2) is 0 Å². The molecule has 0 radical (unpaired) electrons. The van der Waals surface area contributed by atoms with Gasteiger partial charge in [0, 0.05) is 5.82 Å². The minimum absolute atomic E-state index is 0.241. The number of para-hydroxylation sites is 5. The molecular formula is C95H116O18P6. The molecule has 0 aliphatic carbocycles. The highest BCUT2D eigenvalue weighted by Crippen LogP contribution is 2.55. The number of hydrogen-bond acceptors (Lipinski definition) is 18. The Morgan fingerprint density at radius 1 is 0.269 bits per heavy atom. The normalized spacial score (nSPS) is 13.9. The molecule has 0 bridgehead atoms. The maximum Gasteiger partial charge on any atom is 0.403 e. The Labute approximate surface area is 706 Å². The molecule has 119 heavy (non-hydrogen) atoms. The summed E-state index contributed by atoms with van der Waals surface area (Å²) in [5, 5.41) is 0. The predicted octanol–water partition coefficient (Wildman–Crippen LogP) is 29.3. The third-order valence-electron chi connectivity index (χ3n) is 16.4. The second-order valence-electron chi connectivity index (χ2n) is 26.4. The fraction of sp³-hybridized carbons (Fsp3) is 0.263. The van der Waals surface area contributed by atoms with Gasteiger partial charge in [-0.3, -0.25) is 22.6 Å². The zero-order valence-electron chi connectivity index (χ0n) is 70.0. The van der Waals surface area contributed by atoms with E-state index in [1.165, 1.54) is 17.8 Å². The summed E-state index contributed by atoms with van der Waals surface area (Å²) in [6.07, 6.45) is 11.3. The van der Waals surface area contributed by atoms with Crippen LogP contribution >= 0.6 is 45.6 Å². The van der Waals surface area contributed by atoms with Crippen molar-refractivity contribution in [2.45, 2.75) is 113 Å². The second-order valence-corrected chi connectivity index (χ2v) is 38.3. The first kappa shape index (κ1) is 98.7. The maximum absolute atomic E-state index is 12.9. The lowest BCUT2D eigenvalue weighted by Crippen LogP contribution is -2.02. The number of unbranched alkanes of at least 4 members (excludes halogenated alkanes) is 3. The smallest absolute Gasteiger partial charge is 0.403 e. The van der Waals surface area contributed by atoms with E-state index in [1.807, 2.05) is 334 Å².